The molecule has 4 rings (SSSR count). The Balaban J connectivity index is 1.43. The van der Waals surface area contributed by atoms with Gasteiger partial charge in [-0.05, 0) is 25.5 Å². The van der Waals surface area contributed by atoms with Crippen LogP contribution in [0.4, 0.5) is 5.13 Å². The summed E-state index contributed by atoms with van der Waals surface area (Å²) in [6.07, 6.45) is 3.67. The Hall–Kier alpha value is -2.71. The number of H-pyrrole nitrogens is 1. The van der Waals surface area contributed by atoms with Crippen molar-refractivity contribution in [1.82, 2.24) is 19.8 Å². The number of amides is 2. The molecule has 28 heavy (non-hydrogen) atoms. The number of likely N-dealkylation sites (tertiary alicyclic amines) is 1. The number of fused-ring (bicyclic) bond motifs is 1. The van der Waals surface area contributed by atoms with Crippen molar-refractivity contribution in [3.05, 3.63) is 35.8 Å². The lowest BCUT2D eigenvalue weighted by atomic mass is 10.1. The van der Waals surface area contributed by atoms with Gasteiger partial charge in [-0.3, -0.25) is 14.5 Å². The van der Waals surface area contributed by atoms with Crippen molar-refractivity contribution in [2.75, 3.05) is 32.5 Å². The summed E-state index contributed by atoms with van der Waals surface area (Å²) in [6.45, 7) is 0.961. The van der Waals surface area contributed by atoms with Crippen LogP contribution in [0.2, 0.25) is 0 Å². The molecule has 2 N–H and O–H groups in total. The minimum Gasteiger partial charge on any atom is -0.360 e. The zero-order chi connectivity index (χ0) is 19.7. The minimum atomic E-state index is -0.209. The largest absolute Gasteiger partial charge is 0.360 e. The number of aromatic nitrogens is 2. The number of anilines is 1. The summed E-state index contributed by atoms with van der Waals surface area (Å²) < 4.78 is 0. The zero-order valence-electron chi connectivity index (χ0n) is 15.9. The van der Waals surface area contributed by atoms with E-state index in [1.807, 2.05) is 40.7 Å². The average Bonchev–Trinajstić information content (AvgIpc) is 3.40. The monoisotopic (exact) mass is 397 g/mol. The number of hydrogen-bond acceptors (Lipinski definition) is 5. The summed E-state index contributed by atoms with van der Waals surface area (Å²) in [6, 6.07) is 7.85. The fourth-order valence-electron chi connectivity index (χ4n) is 3.67. The fourth-order valence-corrected chi connectivity index (χ4v) is 4.40. The third-order valence-corrected chi connectivity index (χ3v) is 5.81. The summed E-state index contributed by atoms with van der Waals surface area (Å²) in [7, 11) is 3.50. The van der Waals surface area contributed by atoms with Crippen LogP contribution in [0.5, 0.6) is 0 Å². The van der Waals surface area contributed by atoms with Crippen molar-refractivity contribution in [2.45, 2.75) is 18.9 Å². The van der Waals surface area contributed by atoms with Crippen molar-refractivity contribution < 1.29 is 9.59 Å². The van der Waals surface area contributed by atoms with Gasteiger partial charge < -0.3 is 15.2 Å². The minimum absolute atomic E-state index is 0.0566. The Labute approximate surface area is 167 Å². The molecule has 2 amide bonds. The Bertz CT molecular complexity index is 1010. The van der Waals surface area contributed by atoms with E-state index in [-0.39, 0.29) is 24.4 Å². The van der Waals surface area contributed by atoms with Crippen LogP contribution in [0, 0.1) is 0 Å². The maximum absolute atomic E-state index is 12.5. The van der Waals surface area contributed by atoms with Gasteiger partial charge in [0, 0.05) is 42.1 Å². The second-order valence-electron chi connectivity index (χ2n) is 7.20. The van der Waals surface area contributed by atoms with Gasteiger partial charge in [-0.2, -0.15) is 0 Å². The summed E-state index contributed by atoms with van der Waals surface area (Å²) in [5, 5.41) is 6.50. The number of likely N-dealkylation sites (N-methyl/N-ethyl adjacent to an activating group) is 1. The van der Waals surface area contributed by atoms with Crippen molar-refractivity contribution in [1.29, 1.82) is 0 Å². The summed E-state index contributed by atoms with van der Waals surface area (Å²) in [5.74, 6) is -0.0838. The molecule has 0 aliphatic carbocycles. The molecule has 1 aliphatic rings. The summed E-state index contributed by atoms with van der Waals surface area (Å²) in [4.78, 5) is 36.1. The highest BCUT2D eigenvalue weighted by molar-refractivity contribution is 7.14. The van der Waals surface area contributed by atoms with Crippen LogP contribution in [0.3, 0.4) is 0 Å². The van der Waals surface area contributed by atoms with Gasteiger partial charge in [-0.25, -0.2) is 4.98 Å². The molecule has 1 aromatic carbocycles. The van der Waals surface area contributed by atoms with Crippen molar-refractivity contribution >= 4 is 39.2 Å². The van der Waals surface area contributed by atoms with E-state index in [1.54, 1.807) is 19.0 Å². The van der Waals surface area contributed by atoms with Crippen LogP contribution in [-0.2, 0) is 9.59 Å². The second-order valence-corrected chi connectivity index (χ2v) is 8.05. The van der Waals surface area contributed by atoms with Gasteiger partial charge in [0.25, 0.3) is 0 Å². The van der Waals surface area contributed by atoms with Crippen LogP contribution in [-0.4, -0.2) is 64.8 Å². The van der Waals surface area contributed by atoms with Crippen LogP contribution < -0.4 is 5.32 Å². The highest BCUT2D eigenvalue weighted by Crippen LogP contribution is 2.31. The van der Waals surface area contributed by atoms with Crippen LogP contribution in [0.1, 0.15) is 12.8 Å². The van der Waals surface area contributed by atoms with E-state index in [4.69, 9.17) is 0 Å². The van der Waals surface area contributed by atoms with E-state index >= 15 is 0 Å². The number of aromatic amines is 1. The van der Waals surface area contributed by atoms with Crippen molar-refractivity contribution in [3.63, 3.8) is 0 Å². The first-order valence-electron chi connectivity index (χ1n) is 9.30. The number of rotatable bonds is 5. The Morgan fingerprint density at radius 3 is 3.00 bits per heavy atom. The lowest BCUT2D eigenvalue weighted by molar-refractivity contribution is -0.133. The summed E-state index contributed by atoms with van der Waals surface area (Å²) >= 11 is 1.40. The smallest absolute Gasteiger partial charge is 0.240 e. The van der Waals surface area contributed by atoms with Gasteiger partial charge in [0.15, 0.2) is 5.13 Å². The number of nitrogens with one attached hydrogen (secondary N) is 2. The highest BCUT2D eigenvalue weighted by Gasteiger charge is 2.32. The molecule has 0 bridgehead atoms. The summed E-state index contributed by atoms with van der Waals surface area (Å²) in [5.41, 5.74) is 2.91. The molecule has 1 aliphatic heterocycles. The molecule has 3 aromatic rings. The van der Waals surface area contributed by atoms with Gasteiger partial charge in [-0.1, -0.05) is 18.2 Å². The second kappa shape index (κ2) is 7.73. The molecular formula is C20H23N5O2S. The molecule has 0 radical (unpaired) electrons. The lowest BCUT2D eigenvalue weighted by Crippen LogP contribution is -2.45. The SMILES string of the molecule is CN(C)C(=O)C1CCCN1CC(=O)Nc1nc(-c2c[nH]c3ccccc23)cs1. The molecule has 1 fully saturated rings. The Kier molecular flexibility index (Phi) is 5.15. The molecule has 2 aromatic heterocycles. The van der Waals surface area contributed by atoms with E-state index < -0.39 is 0 Å². The number of para-hydroxylation sites is 1. The number of thiazole rings is 1. The molecule has 7 nitrogen and oxygen atoms in total. The number of benzene rings is 1. The number of carbonyl (C=O) groups is 2. The third kappa shape index (κ3) is 3.65. The van der Waals surface area contributed by atoms with Crippen LogP contribution >= 0.6 is 11.3 Å². The average molecular weight is 398 g/mol. The predicted octanol–water partition coefficient (Wildman–Crippen LogP) is 2.78. The number of carbonyl (C=O) groups excluding carboxylic acids is 2. The first kappa shape index (κ1) is 18.6. The highest BCUT2D eigenvalue weighted by atomic mass is 32.1. The van der Waals surface area contributed by atoms with E-state index in [0.717, 1.165) is 41.5 Å². The normalized spacial score (nSPS) is 17.1. The van der Waals surface area contributed by atoms with Crippen molar-refractivity contribution in [3.8, 4) is 11.3 Å². The van der Waals surface area contributed by atoms with Gasteiger partial charge in [-0.15, -0.1) is 11.3 Å². The van der Waals surface area contributed by atoms with Gasteiger partial charge in [0.2, 0.25) is 11.8 Å². The van der Waals surface area contributed by atoms with Gasteiger partial charge in [0.1, 0.15) is 0 Å². The van der Waals surface area contributed by atoms with Gasteiger partial charge in [0.05, 0.1) is 18.3 Å². The Morgan fingerprint density at radius 2 is 2.18 bits per heavy atom. The zero-order valence-corrected chi connectivity index (χ0v) is 16.8. The lowest BCUT2D eigenvalue weighted by Gasteiger charge is -2.25. The maximum atomic E-state index is 12.5. The van der Waals surface area contributed by atoms with E-state index in [1.165, 1.54) is 11.3 Å². The topological polar surface area (TPSA) is 81.3 Å². The van der Waals surface area contributed by atoms with Crippen molar-refractivity contribution in [2.24, 2.45) is 0 Å². The molecular weight excluding hydrogens is 374 g/mol. The first-order chi connectivity index (χ1) is 13.5. The standard InChI is InChI=1S/C20H23N5O2S/c1-24(2)19(27)17-8-5-9-25(17)11-18(26)23-20-22-16(12-28-20)14-10-21-15-7-4-3-6-13(14)15/h3-4,6-7,10,12,17,21H,5,8-9,11H2,1-2H3,(H,22,23,26). The first-order valence-corrected chi connectivity index (χ1v) is 10.2. The van der Waals surface area contributed by atoms with E-state index in [2.05, 4.69) is 15.3 Å². The molecule has 8 heteroatoms. The molecule has 0 saturated carbocycles. The quantitative estimate of drug-likeness (QED) is 0.694. The molecule has 0 spiro atoms. The van der Waals surface area contributed by atoms with E-state index in [9.17, 15) is 9.59 Å². The molecule has 3 heterocycles. The fraction of sp³-hybridized carbons (Fsp3) is 0.350. The van der Waals surface area contributed by atoms with Crippen LogP contribution in [0.15, 0.2) is 35.8 Å². The van der Waals surface area contributed by atoms with E-state index in [0.29, 0.717) is 5.13 Å². The number of nitrogens with zero attached hydrogens (tertiary/aromatic N) is 3. The Morgan fingerprint density at radius 1 is 1.36 bits per heavy atom. The van der Waals surface area contributed by atoms with Gasteiger partial charge >= 0.3 is 0 Å². The maximum Gasteiger partial charge on any atom is 0.240 e. The molecule has 1 saturated heterocycles. The third-order valence-electron chi connectivity index (χ3n) is 5.05. The molecule has 1 unspecified atom stereocenters. The number of hydrogen-bond donors (Lipinski definition) is 2. The predicted molar refractivity (Wildman–Crippen MR) is 111 cm³/mol. The van der Waals surface area contributed by atoms with Crippen LogP contribution in [0.25, 0.3) is 22.2 Å². The molecule has 146 valence electrons. The molecule has 1 atom stereocenters.